The molecule has 0 radical (unpaired) electrons. The maximum absolute atomic E-state index is 12.3. The summed E-state index contributed by atoms with van der Waals surface area (Å²) in [5.41, 5.74) is 2.30. The second-order valence-corrected chi connectivity index (χ2v) is 6.24. The van der Waals surface area contributed by atoms with Crippen LogP contribution in [-0.2, 0) is 9.53 Å². The molecule has 1 aliphatic carbocycles. The normalized spacial score (nSPS) is 14.8. The van der Waals surface area contributed by atoms with Gasteiger partial charge in [-0.15, -0.1) is 0 Å². The Labute approximate surface area is 154 Å². The first-order valence-electron chi connectivity index (χ1n) is 8.76. The Morgan fingerprint density at radius 1 is 1.19 bits per heavy atom. The van der Waals surface area contributed by atoms with E-state index < -0.39 is 0 Å². The molecular formula is C19H27N3O4. The second kappa shape index (κ2) is 9.82. The molecule has 0 bridgehead atoms. The number of hydrogen-bond acceptors (Lipinski definition) is 4. The minimum Gasteiger partial charge on any atom is -0.495 e. The number of hydrogen-bond donors (Lipinski definition) is 3. The van der Waals surface area contributed by atoms with Crippen LogP contribution in [-0.4, -0.2) is 38.8 Å². The molecule has 1 aliphatic rings. The van der Waals surface area contributed by atoms with E-state index in [1.54, 1.807) is 18.2 Å². The van der Waals surface area contributed by atoms with Crippen molar-refractivity contribution in [2.45, 2.75) is 38.6 Å². The molecule has 3 N–H and O–H groups in total. The van der Waals surface area contributed by atoms with Gasteiger partial charge >= 0.3 is 6.03 Å². The summed E-state index contributed by atoms with van der Waals surface area (Å²) in [6.45, 7) is 1.93. The van der Waals surface area contributed by atoms with E-state index in [1.165, 1.54) is 32.6 Å². The van der Waals surface area contributed by atoms with Gasteiger partial charge in [0.25, 0.3) is 0 Å². The van der Waals surface area contributed by atoms with Crippen molar-refractivity contribution in [3.63, 3.8) is 0 Å². The molecule has 0 spiro atoms. The lowest BCUT2D eigenvalue weighted by Gasteiger charge is -2.21. The fourth-order valence-corrected chi connectivity index (χ4v) is 2.91. The topological polar surface area (TPSA) is 88.7 Å². The van der Waals surface area contributed by atoms with Gasteiger partial charge in [0.05, 0.1) is 12.8 Å². The summed E-state index contributed by atoms with van der Waals surface area (Å²) in [4.78, 5) is 24.0. The lowest BCUT2D eigenvalue weighted by molar-refractivity contribution is -0.119. The summed E-state index contributed by atoms with van der Waals surface area (Å²) in [6, 6.07) is 4.76. The number of amides is 3. The third-order valence-corrected chi connectivity index (χ3v) is 4.24. The summed E-state index contributed by atoms with van der Waals surface area (Å²) in [5.74, 6) is 0.200. The standard InChI is InChI=1S/C19H27N3O4/c1-13(14-7-5-4-6-8-14)20-19(24)21-15-9-10-17(26-3)16(11-15)22-18(23)12-25-2/h7,9-11,13H,4-6,8,12H2,1-3H3,(H,22,23)(H2,20,21,24)/t13-/m1/s1. The molecule has 0 heterocycles. The SMILES string of the molecule is COCC(=O)Nc1cc(NC(=O)N[C@H](C)C2=CCCCC2)ccc1OC. The number of urea groups is 1. The first-order valence-corrected chi connectivity index (χ1v) is 8.76. The molecule has 0 saturated heterocycles. The Morgan fingerprint density at radius 2 is 2.00 bits per heavy atom. The Hall–Kier alpha value is -2.54. The summed E-state index contributed by atoms with van der Waals surface area (Å²) < 4.78 is 10.0. The number of benzene rings is 1. The number of allylic oxidation sites excluding steroid dienone is 1. The lowest BCUT2D eigenvalue weighted by atomic mass is 9.95. The average molecular weight is 361 g/mol. The van der Waals surface area contributed by atoms with Crippen molar-refractivity contribution in [1.29, 1.82) is 0 Å². The lowest BCUT2D eigenvalue weighted by Crippen LogP contribution is -2.37. The van der Waals surface area contributed by atoms with E-state index in [0.29, 0.717) is 17.1 Å². The zero-order valence-electron chi connectivity index (χ0n) is 15.6. The fraction of sp³-hybridized carbons (Fsp3) is 0.474. The minimum absolute atomic E-state index is 0.00516. The number of carbonyl (C=O) groups excluding carboxylic acids is 2. The van der Waals surface area contributed by atoms with Gasteiger partial charge in [-0.2, -0.15) is 0 Å². The smallest absolute Gasteiger partial charge is 0.319 e. The van der Waals surface area contributed by atoms with Crippen molar-refractivity contribution >= 4 is 23.3 Å². The van der Waals surface area contributed by atoms with E-state index in [1.807, 2.05) is 6.92 Å². The predicted molar refractivity (Wildman–Crippen MR) is 102 cm³/mol. The van der Waals surface area contributed by atoms with Gasteiger partial charge in [0.1, 0.15) is 12.4 Å². The predicted octanol–water partition coefficient (Wildman–Crippen LogP) is 3.29. The average Bonchev–Trinajstić information content (AvgIpc) is 2.62. The maximum atomic E-state index is 12.3. The molecule has 3 amide bonds. The molecule has 0 aliphatic heterocycles. The van der Waals surface area contributed by atoms with Crippen LogP contribution >= 0.6 is 0 Å². The van der Waals surface area contributed by atoms with Crippen molar-refractivity contribution in [1.82, 2.24) is 5.32 Å². The van der Waals surface area contributed by atoms with E-state index in [2.05, 4.69) is 22.0 Å². The van der Waals surface area contributed by atoms with Crippen LogP contribution < -0.4 is 20.7 Å². The number of methoxy groups -OCH3 is 2. The number of carbonyl (C=O) groups is 2. The third kappa shape index (κ3) is 5.77. The largest absolute Gasteiger partial charge is 0.495 e. The zero-order chi connectivity index (χ0) is 18.9. The molecule has 1 aromatic carbocycles. The molecule has 2 rings (SSSR count). The van der Waals surface area contributed by atoms with E-state index in [0.717, 1.165) is 12.8 Å². The molecule has 0 unspecified atom stereocenters. The van der Waals surface area contributed by atoms with Crippen LogP contribution in [0.15, 0.2) is 29.8 Å². The Balaban J connectivity index is 2.00. The van der Waals surface area contributed by atoms with Crippen LogP contribution in [0.1, 0.15) is 32.6 Å². The highest BCUT2D eigenvalue weighted by Crippen LogP contribution is 2.28. The summed E-state index contributed by atoms with van der Waals surface area (Å²) in [7, 11) is 2.96. The van der Waals surface area contributed by atoms with E-state index in [-0.39, 0.29) is 24.6 Å². The first kappa shape index (κ1) is 19.8. The Kier molecular flexibility index (Phi) is 7.47. The molecule has 1 atom stereocenters. The van der Waals surface area contributed by atoms with Crippen molar-refractivity contribution < 1.29 is 19.1 Å². The van der Waals surface area contributed by atoms with Gasteiger partial charge in [-0.1, -0.05) is 11.6 Å². The molecule has 26 heavy (non-hydrogen) atoms. The van der Waals surface area contributed by atoms with Gasteiger partial charge in [0.2, 0.25) is 5.91 Å². The maximum Gasteiger partial charge on any atom is 0.319 e. The zero-order valence-corrected chi connectivity index (χ0v) is 15.6. The van der Waals surface area contributed by atoms with Crippen LogP contribution in [0, 0.1) is 0 Å². The van der Waals surface area contributed by atoms with Crippen molar-refractivity contribution in [2.75, 3.05) is 31.5 Å². The highest BCUT2D eigenvalue weighted by molar-refractivity contribution is 5.95. The van der Waals surface area contributed by atoms with Crippen LogP contribution in [0.2, 0.25) is 0 Å². The van der Waals surface area contributed by atoms with Gasteiger partial charge < -0.3 is 25.4 Å². The van der Waals surface area contributed by atoms with Crippen LogP contribution in [0.3, 0.4) is 0 Å². The molecule has 0 fully saturated rings. The van der Waals surface area contributed by atoms with Crippen LogP contribution in [0.4, 0.5) is 16.2 Å². The molecule has 7 heteroatoms. The third-order valence-electron chi connectivity index (χ3n) is 4.24. The summed E-state index contributed by atoms with van der Waals surface area (Å²) in [5, 5.41) is 8.44. The Morgan fingerprint density at radius 3 is 2.65 bits per heavy atom. The fourth-order valence-electron chi connectivity index (χ4n) is 2.91. The van der Waals surface area contributed by atoms with Crippen molar-refractivity contribution in [3.8, 4) is 5.75 Å². The molecular weight excluding hydrogens is 334 g/mol. The minimum atomic E-state index is -0.301. The van der Waals surface area contributed by atoms with Gasteiger partial charge in [0.15, 0.2) is 0 Å². The van der Waals surface area contributed by atoms with E-state index in [9.17, 15) is 9.59 Å². The first-order chi connectivity index (χ1) is 12.5. The number of anilines is 2. The van der Waals surface area contributed by atoms with Crippen LogP contribution in [0.25, 0.3) is 0 Å². The molecule has 1 aromatic rings. The second-order valence-electron chi connectivity index (χ2n) is 6.24. The number of ether oxygens (including phenoxy) is 2. The van der Waals surface area contributed by atoms with Gasteiger partial charge in [-0.25, -0.2) is 4.79 Å². The molecule has 0 saturated carbocycles. The van der Waals surface area contributed by atoms with Crippen LogP contribution in [0.5, 0.6) is 5.75 Å². The monoisotopic (exact) mass is 361 g/mol. The molecule has 0 aromatic heterocycles. The van der Waals surface area contributed by atoms with E-state index >= 15 is 0 Å². The van der Waals surface area contributed by atoms with Gasteiger partial charge in [0, 0.05) is 18.8 Å². The van der Waals surface area contributed by atoms with E-state index in [4.69, 9.17) is 9.47 Å². The van der Waals surface area contributed by atoms with Gasteiger partial charge in [-0.3, -0.25) is 4.79 Å². The highest BCUT2D eigenvalue weighted by Gasteiger charge is 2.15. The quantitative estimate of drug-likeness (QED) is 0.650. The molecule has 142 valence electrons. The summed E-state index contributed by atoms with van der Waals surface area (Å²) >= 11 is 0. The summed E-state index contributed by atoms with van der Waals surface area (Å²) in [6.07, 6.45) is 6.70. The highest BCUT2D eigenvalue weighted by atomic mass is 16.5. The van der Waals surface area contributed by atoms with Crippen molar-refractivity contribution in [3.05, 3.63) is 29.8 Å². The number of rotatable bonds is 7. The Bertz CT molecular complexity index is 673. The molecule has 7 nitrogen and oxygen atoms in total. The number of nitrogens with one attached hydrogen (secondary N) is 3. The van der Waals surface area contributed by atoms with Gasteiger partial charge in [-0.05, 0) is 50.8 Å². The van der Waals surface area contributed by atoms with Crippen molar-refractivity contribution in [2.24, 2.45) is 0 Å².